The maximum atomic E-state index is 4.92. The normalized spacial score (nSPS) is 25.7. The highest BCUT2D eigenvalue weighted by Crippen LogP contribution is 2.28. The minimum Gasteiger partial charge on any atom is -0.299 e. The molecular formula is C21H25N5O. The van der Waals surface area contributed by atoms with Crippen LogP contribution in [-0.2, 0) is 13.0 Å². The molecule has 6 heteroatoms. The molecule has 2 saturated heterocycles. The molecule has 3 aromatic rings. The van der Waals surface area contributed by atoms with Crippen molar-refractivity contribution in [2.24, 2.45) is 5.92 Å². The van der Waals surface area contributed by atoms with Crippen LogP contribution < -0.4 is 10.9 Å². The fraction of sp³-hybridized carbons (Fsp3) is 0.429. The van der Waals surface area contributed by atoms with Gasteiger partial charge < -0.3 is 0 Å². The highest BCUT2D eigenvalue weighted by molar-refractivity contribution is 5.76. The Labute approximate surface area is 158 Å². The zero-order valence-electron chi connectivity index (χ0n) is 15.3. The molecule has 2 aliphatic heterocycles. The number of hydrogen-bond acceptors (Lipinski definition) is 6. The summed E-state index contributed by atoms with van der Waals surface area (Å²) in [5, 5.41) is 8.06. The first-order chi connectivity index (χ1) is 13.4. The van der Waals surface area contributed by atoms with E-state index in [-0.39, 0.29) is 0 Å². The van der Waals surface area contributed by atoms with Crippen LogP contribution in [0.3, 0.4) is 0 Å². The molecular weight excluding hydrogens is 338 g/mol. The number of nitrogens with one attached hydrogen (secondary N) is 2. The van der Waals surface area contributed by atoms with Crippen molar-refractivity contribution in [3.8, 4) is 0 Å². The van der Waals surface area contributed by atoms with Gasteiger partial charge in [-0.25, -0.2) is 4.63 Å². The van der Waals surface area contributed by atoms with Crippen LogP contribution in [0.25, 0.3) is 11.0 Å². The summed E-state index contributed by atoms with van der Waals surface area (Å²) in [5.74, 6) is 0.636. The summed E-state index contributed by atoms with van der Waals surface area (Å²) in [6.07, 6.45) is 3.45. The summed E-state index contributed by atoms with van der Waals surface area (Å²) < 4.78 is 4.92. The molecule has 0 amide bonds. The van der Waals surface area contributed by atoms with Crippen molar-refractivity contribution in [1.82, 2.24) is 26.1 Å². The Kier molecular flexibility index (Phi) is 4.61. The number of likely N-dealkylation sites (tertiary alicyclic amines) is 1. The van der Waals surface area contributed by atoms with Gasteiger partial charge >= 0.3 is 0 Å². The molecule has 2 N–H and O–H groups in total. The van der Waals surface area contributed by atoms with Crippen LogP contribution in [0.5, 0.6) is 0 Å². The van der Waals surface area contributed by atoms with Gasteiger partial charge in [-0.15, -0.1) is 0 Å². The molecule has 0 bridgehead atoms. The van der Waals surface area contributed by atoms with Crippen molar-refractivity contribution >= 4 is 11.0 Å². The van der Waals surface area contributed by atoms with Crippen molar-refractivity contribution in [2.75, 3.05) is 13.1 Å². The predicted molar refractivity (Wildman–Crippen MR) is 104 cm³/mol. The Morgan fingerprint density at radius 3 is 2.89 bits per heavy atom. The zero-order valence-corrected chi connectivity index (χ0v) is 15.3. The van der Waals surface area contributed by atoms with Gasteiger partial charge in [0.25, 0.3) is 0 Å². The molecule has 3 heterocycles. The maximum absolute atomic E-state index is 4.92. The Morgan fingerprint density at radius 1 is 1.04 bits per heavy atom. The summed E-state index contributed by atoms with van der Waals surface area (Å²) in [5.41, 5.74) is 11.5. The Balaban J connectivity index is 1.25. The molecule has 5 rings (SSSR count). The summed E-state index contributed by atoms with van der Waals surface area (Å²) in [7, 11) is 0. The molecule has 0 radical (unpaired) electrons. The second-order valence-corrected chi connectivity index (χ2v) is 7.76. The van der Waals surface area contributed by atoms with E-state index in [1.54, 1.807) is 0 Å². The van der Waals surface area contributed by atoms with E-state index in [2.05, 4.69) is 62.5 Å². The molecule has 3 atom stereocenters. The van der Waals surface area contributed by atoms with Gasteiger partial charge in [0.1, 0.15) is 11.0 Å². The number of aryl methyl sites for hydroxylation is 1. The molecule has 2 fully saturated rings. The van der Waals surface area contributed by atoms with E-state index < -0.39 is 0 Å². The van der Waals surface area contributed by atoms with Gasteiger partial charge in [0.05, 0.1) is 0 Å². The van der Waals surface area contributed by atoms with Crippen LogP contribution in [0.2, 0.25) is 0 Å². The lowest BCUT2D eigenvalue weighted by Crippen LogP contribution is -2.46. The lowest BCUT2D eigenvalue weighted by molar-refractivity contribution is 0.146. The van der Waals surface area contributed by atoms with Gasteiger partial charge in [0, 0.05) is 37.6 Å². The number of nitrogens with zero attached hydrogens (tertiary/aromatic N) is 3. The number of hydrogen-bond donors (Lipinski definition) is 2. The molecule has 0 saturated carbocycles. The Morgan fingerprint density at radius 2 is 1.96 bits per heavy atom. The average molecular weight is 363 g/mol. The highest BCUT2D eigenvalue weighted by Gasteiger charge is 2.39. The molecule has 3 unspecified atom stereocenters. The van der Waals surface area contributed by atoms with Crippen LogP contribution in [-0.4, -0.2) is 40.4 Å². The third-order valence-electron chi connectivity index (χ3n) is 6.06. The van der Waals surface area contributed by atoms with Crippen LogP contribution in [0, 0.1) is 5.92 Å². The molecule has 0 aliphatic carbocycles. The standard InChI is InChI=1S/C21H25N5O/c1-2-5-15(6-3-1)9-10-18-17-14-26(12-11-19(17)23-22-18)13-16-7-4-8-20-21(16)25-27-24-20/h1-8,17-19,22-23H,9-14H2. The SMILES string of the molecule is c1ccc(CCC2NNC3CCN(Cc4cccc5nonc45)CC23)cc1. The Hall–Kier alpha value is -2.28. The van der Waals surface area contributed by atoms with Gasteiger partial charge in [0.2, 0.25) is 0 Å². The number of aromatic nitrogens is 2. The lowest BCUT2D eigenvalue weighted by Gasteiger charge is -2.36. The smallest absolute Gasteiger partial charge is 0.139 e. The number of rotatable bonds is 5. The second-order valence-electron chi connectivity index (χ2n) is 7.76. The fourth-order valence-corrected chi connectivity index (χ4v) is 4.59. The summed E-state index contributed by atoms with van der Waals surface area (Å²) in [4.78, 5) is 2.55. The molecule has 0 spiro atoms. The third kappa shape index (κ3) is 3.48. The highest BCUT2D eigenvalue weighted by atomic mass is 16.6. The summed E-state index contributed by atoms with van der Waals surface area (Å²) in [6.45, 7) is 3.11. The Bertz CT molecular complexity index is 896. The average Bonchev–Trinajstić information content (AvgIpc) is 3.34. The molecule has 6 nitrogen and oxygen atoms in total. The van der Waals surface area contributed by atoms with Gasteiger partial charge in [0.15, 0.2) is 0 Å². The predicted octanol–water partition coefficient (Wildman–Crippen LogP) is 2.52. The van der Waals surface area contributed by atoms with E-state index in [1.165, 1.54) is 17.5 Å². The number of piperidine rings is 1. The molecule has 2 aliphatic rings. The van der Waals surface area contributed by atoms with Crippen molar-refractivity contribution in [3.63, 3.8) is 0 Å². The monoisotopic (exact) mass is 363 g/mol. The quantitative estimate of drug-likeness (QED) is 0.726. The van der Waals surface area contributed by atoms with Crippen molar-refractivity contribution in [1.29, 1.82) is 0 Å². The third-order valence-corrected chi connectivity index (χ3v) is 6.06. The van der Waals surface area contributed by atoms with Crippen molar-refractivity contribution in [2.45, 2.75) is 37.9 Å². The minimum absolute atomic E-state index is 0.516. The molecule has 27 heavy (non-hydrogen) atoms. The van der Waals surface area contributed by atoms with Crippen molar-refractivity contribution < 1.29 is 4.63 Å². The number of benzene rings is 2. The minimum atomic E-state index is 0.516. The van der Waals surface area contributed by atoms with Crippen LogP contribution in [0.4, 0.5) is 0 Å². The first-order valence-corrected chi connectivity index (χ1v) is 9.84. The van der Waals surface area contributed by atoms with Crippen LogP contribution >= 0.6 is 0 Å². The van der Waals surface area contributed by atoms with E-state index in [0.29, 0.717) is 18.0 Å². The number of fused-ring (bicyclic) bond motifs is 2. The molecule has 2 aromatic carbocycles. The van der Waals surface area contributed by atoms with Gasteiger partial charge in [-0.1, -0.05) is 42.5 Å². The van der Waals surface area contributed by atoms with E-state index in [9.17, 15) is 0 Å². The van der Waals surface area contributed by atoms with E-state index in [0.717, 1.165) is 43.5 Å². The van der Waals surface area contributed by atoms with Crippen molar-refractivity contribution in [3.05, 3.63) is 59.7 Å². The first kappa shape index (κ1) is 16.9. The second kappa shape index (κ2) is 7.38. The van der Waals surface area contributed by atoms with E-state index >= 15 is 0 Å². The molecule has 140 valence electrons. The largest absolute Gasteiger partial charge is 0.299 e. The number of hydrazine groups is 1. The van der Waals surface area contributed by atoms with Crippen LogP contribution in [0.1, 0.15) is 24.0 Å². The first-order valence-electron chi connectivity index (χ1n) is 9.84. The van der Waals surface area contributed by atoms with Gasteiger partial charge in [-0.05, 0) is 46.8 Å². The summed E-state index contributed by atoms with van der Waals surface area (Å²) in [6, 6.07) is 18.0. The van der Waals surface area contributed by atoms with Gasteiger partial charge in [-0.2, -0.15) is 0 Å². The zero-order chi connectivity index (χ0) is 18.1. The molecule has 1 aromatic heterocycles. The van der Waals surface area contributed by atoms with E-state index in [4.69, 9.17) is 4.63 Å². The van der Waals surface area contributed by atoms with Crippen LogP contribution in [0.15, 0.2) is 53.2 Å². The maximum Gasteiger partial charge on any atom is 0.139 e. The summed E-state index contributed by atoms with van der Waals surface area (Å²) >= 11 is 0. The van der Waals surface area contributed by atoms with E-state index in [1.807, 2.05) is 12.1 Å². The lowest BCUT2D eigenvalue weighted by atomic mass is 9.85. The topological polar surface area (TPSA) is 66.2 Å². The van der Waals surface area contributed by atoms with Gasteiger partial charge in [-0.3, -0.25) is 15.8 Å². The fourth-order valence-electron chi connectivity index (χ4n) is 4.59.